The zero-order valence-electron chi connectivity index (χ0n) is 10.9. The lowest BCUT2D eigenvalue weighted by Crippen LogP contribution is -2.38. The monoisotopic (exact) mass is 251 g/mol. The molecule has 1 aromatic carbocycles. The summed E-state index contributed by atoms with van der Waals surface area (Å²) in [5, 5.41) is 3.44. The molecule has 0 bridgehead atoms. The number of methoxy groups -OCH3 is 1. The molecule has 4 nitrogen and oxygen atoms in total. The predicted molar refractivity (Wildman–Crippen MR) is 70.3 cm³/mol. The van der Waals surface area contributed by atoms with Gasteiger partial charge in [-0.25, -0.2) is 0 Å². The second kappa shape index (κ2) is 7.24. The average Bonchev–Trinajstić information content (AvgIpc) is 2.45. The first-order chi connectivity index (χ1) is 8.88. The first-order valence-corrected chi connectivity index (χ1v) is 6.46. The van der Waals surface area contributed by atoms with Gasteiger partial charge in [0.2, 0.25) is 0 Å². The van der Waals surface area contributed by atoms with E-state index in [4.69, 9.17) is 14.2 Å². The van der Waals surface area contributed by atoms with Crippen molar-refractivity contribution < 1.29 is 14.2 Å². The molecule has 18 heavy (non-hydrogen) atoms. The number of hydrogen-bond acceptors (Lipinski definition) is 4. The zero-order chi connectivity index (χ0) is 12.6. The van der Waals surface area contributed by atoms with E-state index >= 15 is 0 Å². The van der Waals surface area contributed by atoms with Gasteiger partial charge in [-0.2, -0.15) is 0 Å². The van der Waals surface area contributed by atoms with Gasteiger partial charge >= 0.3 is 0 Å². The van der Waals surface area contributed by atoms with E-state index in [-0.39, 0.29) is 0 Å². The standard InChI is InChI=1S/C14H21NO3/c1-16-13-4-6-14(7-5-13)18-10-8-15-12-3-2-9-17-11-12/h4-7,12,15H,2-3,8-11H2,1H3. The molecule has 0 aromatic heterocycles. The second-order valence-electron chi connectivity index (χ2n) is 4.39. The van der Waals surface area contributed by atoms with Gasteiger partial charge in [-0.1, -0.05) is 0 Å². The van der Waals surface area contributed by atoms with E-state index in [0.29, 0.717) is 12.6 Å². The van der Waals surface area contributed by atoms with Gasteiger partial charge in [0.1, 0.15) is 18.1 Å². The highest BCUT2D eigenvalue weighted by molar-refractivity contribution is 5.31. The number of hydrogen-bond donors (Lipinski definition) is 1. The van der Waals surface area contributed by atoms with E-state index in [0.717, 1.165) is 37.7 Å². The van der Waals surface area contributed by atoms with Crippen molar-refractivity contribution in [1.29, 1.82) is 0 Å². The first kappa shape index (κ1) is 13.2. The fourth-order valence-corrected chi connectivity index (χ4v) is 2.01. The Labute approximate surface area is 108 Å². The number of benzene rings is 1. The molecule has 0 spiro atoms. The van der Waals surface area contributed by atoms with Crippen LogP contribution in [0.25, 0.3) is 0 Å². The summed E-state index contributed by atoms with van der Waals surface area (Å²) in [6, 6.07) is 8.12. The summed E-state index contributed by atoms with van der Waals surface area (Å²) in [5.74, 6) is 1.72. The maximum Gasteiger partial charge on any atom is 0.119 e. The Hall–Kier alpha value is -1.26. The third-order valence-corrected chi connectivity index (χ3v) is 3.02. The Bertz CT molecular complexity index is 333. The normalized spacial score (nSPS) is 19.5. The molecule has 0 aliphatic carbocycles. The van der Waals surface area contributed by atoms with Crippen LogP contribution >= 0.6 is 0 Å². The molecule has 1 unspecified atom stereocenters. The average molecular weight is 251 g/mol. The summed E-state index contributed by atoms with van der Waals surface area (Å²) < 4.78 is 16.1. The summed E-state index contributed by atoms with van der Waals surface area (Å²) in [4.78, 5) is 0. The fourth-order valence-electron chi connectivity index (χ4n) is 2.01. The van der Waals surface area contributed by atoms with Gasteiger partial charge in [0.05, 0.1) is 13.7 Å². The van der Waals surface area contributed by atoms with Crippen LogP contribution in [0.4, 0.5) is 0 Å². The van der Waals surface area contributed by atoms with Gasteiger partial charge in [0.15, 0.2) is 0 Å². The Morgan fingerprint density at radius 2 is 2.06 bits per heavy atom. The SMILES string of the molecule is COc1ccc(OCCNC2CCCOC2)cc1. The fraction of sp³-hybridized carbons (Fsp3) is 0.571. The maximum atomic E-state index is 5.64. The van der Waals surface area contributed by atoms with Crippen LogP contribution in [0.15, 0.2) is 24.3 Å². The van der Waals surface area contributed by atoms with E-state index in [1.54, 1.807) is 7.11 Å². The summed E-state index contributed by atoms with van der Waals surface area (Å²) in [6.45, 7) is 3.24. The van der Waals surface area contributed by atoms with Crippen molar-refractivity contribution in [2.24, 2.45) is 0 Å². The lowest BCUT2D eigenvalue weighted by molar-refractivity contribution is 0.0693. The van der Waals surface area contributed by atoms with E-state index in [2.05, 4.69) is 5.32 Å². The highest BCUT2D eigenvalue weighted by atomic mass is 16.5. The Balaban J connectivity index is 1.62. The maximum absolute atomic E-state index is 5.64. The molecule has 1 atom stereocenters. The summed E-state index contributed by atoms with van der Waals surface area (Å²) >= 11 is 0. The van der Waals surface area contributed by atoms with Crippen LogP contribution < -0.4 is 14.8 Å². The lowest BCUT2D eigenvalue weighted by atomic mass is 10.1. The highest BCUT2D eigenvalue weighted by Gasteiger charge is 2.12. The Morgan fingerprint density at radius 3 is 2.72 bits per heavy atom. The van der Waals surface area contributed by atoms with Gasteiger partial charge in [-0.3, -0.25) is 0 Å². The molecule has 100 valence electrons. The van der Waals surface area contributed by atoms with Crippen LogP contribution in [0.2, 0.25) is 0 Å². The van der Waals surface area contributed by atoms with Crippen LogP contribution in [-0.4, -0.2) is 39.5 Å². The van der Waals surface area contributed by atoms with Gasteiger partial charge in [-0.05, 0) is 37.1 Å². The van der Waals surface area contributed by atoms with E-state index in [9.17, 15) is 0 Å². The third-order valence-electron chi connectivity index (χ3n) is 3.02. The van der Waals surface area contributed by atoms with Crippen LogP contribution in [0.1, 0.15) is 12.8 Å². The molecular formula is C14H21NO3. The van der Waals surface area contributed by atoms with Crippen molar-refractivity contribution in [2.45, 2.75) is 18.9 Å². The van der Waals surface area contributed by atoms with Crippen molar-refractivity contribution >= 4 is 0 Å². The minimum Gasteiger partial charge on any atom is -0.497 e. The molecule has 2 rings (SSSR count). The lowest BCUT2D eigenvalue weighted by Gasteiger charge is -2.23. The van der Waals surface area contributed by atoms with Crippen molar-refractivity contribution in [3.05, 3.63) is 24.3 Å². The second-order valence-corrected chi connectivity index (χ2v) is 4.39. The molecule has 0 radical (unpaired) electrons. The molecule has 1 aliphatic rings. The summed E-state index contributed by atoms with van der Waals surface area (Å²) in [5.41, 5.74) is 0. The summed E-state index contributed by atoms with van der Waals surface area (Å²) in [7, 11) is 1.66. The zero-order valence-corrected chi connectivity index (χ0v) is 10.9. The minimum atomic E-state index is 0.484. The van der Waals surface area contributed by atoms with E-state index in [1.165, 1.54) is 6.42 Å². The van der Waals surface area contributed by atoms with Crippen molar-refractivity contribution in [1.82, 2.24) is 5.32 Å². The smallest absolute Gasteiger partial charge is 0.119 e. The van der Waals surface area contributed by atoms with Crippen molar-refractivity contribution in [3.8, 4) is 11.5 Å². The molecule has 1 N–H and O–H groups in total. The molecule has 0 amide bonds. The molecule has 0 saturated carbocycles. The quantitative estimate of drug-likeness (QED) is 0.783. The number of ether oxygens (including phenoxy) is 3. The molecule has 1 saturated heterocycles. The third kappa shape index (κ3) is 4.20. The largest absolute Gasteiger partial charge is 0.497 e. The molecule has 1 heterocycles. The Kier molecular flexibility index (Phi) is 5.30. The molecule has 1 aromatic rings. The van der Waals surface area contributed by atoms with E-state index in [1.807, 2.05) is 24.3 Å². The van der Waals surface area contributed by atoms with Crippen molar-refractivity contribution in [3.63, 3.8) is 0 Å². The van der Waals surface area contributed by atoms with Crippen molar-refractivity contribution in [2.75, 3.05) is 33.5 Å². The van der Waals surface area contributed by atoms with Gasteiger partial charge in [0.25, 0.3) is 0 Å². The van der Waals surface area contributed by atoms with Crippen LogP contribution in [-0.2, 0) is 4.74 Å². The van der Waals surface area contributed by atoms with Gasteiger partial charge in [-0.15, -0.1) is 0 Å². The number of rotatable bonds is 6. The number of nitrogens with one attached hydrogen (secondary N) is 1. The first-order valence-electron chi connectivity index (χ1n) is 6.46. The summed E-state index contributed by atoms with van der Waals surface area (Å²) in [6.07, 6.45) is 2.35. The van der Waals surface area contributed by atoms with Crippen LogP contribution in [0.5, 0.6) is 11.5 Å². The highest BCUT2D eigenvalue weighted by Crippen LogP contribution is 2.16. The molecule has 4 heteroatoms. The predicted octanol–water partition coefficient (Wildman–Crippen LogP) is 1.84. The van der Waals surface area contributed by atoms with Crippen LogP contribution in [0.3, 0.4) is 0 Å². The molecule has 1 aliphatic heterocycles. The topological polar surface area (TPSA) is 39.7 Å². The van der Waals surface area contributed by atoms with Gasteiger partial charge < -0.3 is 19.5 Å². The molecule has 1 fully saturated rings. The van der Waals surface area contributed by atoms with E-state index < -0.39 is 0 Å². The Morgan fingerprint density at radius 1 is 1.28 bits per heavy atom. The van der Waals surface area contributed by atoms with Crippen LogP contribution in [0, 0.1) is 0 Å². The minimum absolute atomic E-state index is 0.484. The van der Waals surface area contributed by atoms with Gasteiger partial charge in [0, 0.05) is 19.2 Å². The molecular weight excluding hydrogens is 230 g/mol.